The molecule has 0 radical (unpaired) electrons. The van der Waals surface area contributed by atoms with Crippen molar-refractivity contribution in [3.05, 3.63) is 30.1 Å². The van der Waals surface area contributed by atoms with Gasteiger partial charge in [0, 0.05) is 12.4 Å². The molecule has 2 rings (SSSR count). The zero-order valence-electron chi connectivity index (χ0n) is 9.80. The molecule has 1 saturated carbocycles. The summed E-state index contributed by atoms with van der Waals surface area (Å²) in [6, 6.07) is 3.98. The van der Waals surface area contributed by atoms with E-state index in [0.717, 1.165) is 6.42 Å². The van der Waals surface area contributed by atoms with Crippen LogP contribution in [0.4, 0.5) is 0 Å². The van der Waals surface area contributed by atoms with Gasteiger partial charge < -0.3 is 10.2 Å². The Morgan fingerprint density at radius 2 is 1.94 bits per heavy atom. The molecule has 16 heavy (non-hydrogen) atoms. The Hall–Kier alpha value is -0.930. The molecular formula is C13H19NO2. The summed E-state index contributed by atoms with van der Waals surface area (Å²) in [5.41, 5.74) is 0.250. The van der Waals surface area contributed by atoms with E-state index in [1.165, 1.54) is 5.56 Å². The Morgan fingerprint density at radius 1 is 1.31 bits per heavy atom. The van der Waals surface area contributed by atoms with Crippen molar-refractivity contribution in [2.75, 3.05) is 0 Å². The molecule has 0 aliphatic heterocycles. The van der Waals surface area contributed by atoms with Crippen LogP contribution < -0.4 is 0 Å². The molecule has 3 nitrogen and oxygen atoms in total. The molecule has 1 aliphatic rings. The molecular weight excluding hydrogens is 202 g/mol. The first-order valence-electron chi connectivity index (χ1n) is 5.82. The molecule has 1 aromatic rings. The lowest BCUT2D eigenvalue weighted by molar-refractivity contribution is -0.123. The van der Waals surface area contributed by atoms with Crippen molar-refractivity contribution in [1.82, 2.24) is 4.98 Å². The molecule has 0 bridgehead atoms. The van der Waals surface area contributed by atoms with Crippen molar-refractivity contribution in [3.8, 4) is 0 Å². The van der Waals surface area contributed by atoms with Crippen molar-refractivity contribution in [2.45, 2.75) is 44.3 Å². The number of pyridine rings is 1. The van der Waals surface area contributed by atoms with Crippen molar-refractivity contribution >= 4 is 0 Å². The van der Waals surface area contributed by atoms with E-state index in [9.17, 15) is 10.2 Å². The number of nitrogens with zero attached hydrogens (tertiary/aromatic N) is 1. The zero-order valence-corrected chi connectivity index (χ0v) is 9.80. The maximum absolute atomic E-state index is 10.1. The molecule has 3 heteroatoms. The van der Waals surface area contributed by atoms with Gasteiger partial charge in [0.25, 0.3) is 0 Å². The highest BCUT2D eigenvalue weighted by Gasteiger charge is 2.42. The van der Waals surface area contributed by atoms with E-state index in [1.807, 2.05) is 19.1 Å². The second-order valence-electron chi connectivity index (χ2n) is 5.09. The van der Waals surface area contributed by atoms with Crippen molar-refractivity contribution in [1.29, 1.82) is 0 Å². The lowest BCUT2D eigenvalue weighted by Gasteiger charge is -2.43. The molecule has 0 amide bonds. The van der Waals surface area contributed by atoms with Gasteiger partial charge in [-0.3, -0.25) is 4.98 Å². The van der Waals surface area contributed by atoms with E-state index in [1.54, 1.807) is 19.3 Å². The first kappa shape index (κ1) is 11.6. The maximum atomic E-state index is 10.1. The van der Waals surface area contributed by atoms with Gasteiger partial charge in [-0.25, -0.2) is 0 Å². The summed E-state index contributed by atoms with van der Waals surface area (Å²) in [4.78, 5) is 3.99. The molecule has 1 aromatic heterocycles. The Morgan fingerprint density at radius 3 is 2.50 bits per heavy atom. The standard InChI is InChI=1S/C13H19NO2/c1-9-7-11(8-12(15)13(9,2)16)10-3-5-14-6-4-10/h3-6,9,11-12,15-16H,7-8H2,1-2H3. The van der Waals surface area contributed by atoms with Crippen LogP contribution in [0.25, 0.3) is 0 Å². The smallest absolute Gasteiger partial charge is 0.0903 e. The van der Waals surface area contributed by atoms with Crippen LogP contribution in [0.1, 0.15) is 38.2 Å². The first-order valence-corrected chi connectivity index (χ1v) is 5.82. The Labute approximate surface area is 96.2 Å². The molecule has 4 atom stereocenters. The quantitative estimate of drug-likeness (QED) is 0.759. The van der Waals surface area contributed by atoms with Crippen molar-refractivity contribution < 1.29 is 10.2 Å². The SMILES string of the molecule is CC1CC(c2ccncc2)CC(O)C1(C)O. The van der Waals surface area contributed by atoms with Gasteiger partial charge in [-0.05, 0) is 49.3 Å². The molecule has 0 saturated heterocycles. The fourth-order valence-electron chi connectivity index (χ4n) is 2.51. The average molecular weight is 221 g/mol. The average Bonchev–Trinajstić information content (AvgIpc) is 2.27. The highest BCUT2D eigenvalue weighted by Crippen LogP contribution is 2.41. The Balaban J connectivity index is 2.17. The van der Waals surface area contributed by atoms with Gasteiger partial charge in [-0.1, -0.05) is 6.92 Å². The van der Waals surface area contributed by atoms with Crippen molar-refractivity contribution in [2.24, 2.45) is 5.92 Å². The fourth-order valence-corrected chi connectivity index (χ4v) is 2.51. The number of aromatic nitrogens is 1. The minimum atomic E-state index is -0.955. The summed E-state index contributed by atoms with van der Waals surface area (Å²) in [6.45, 7) is 3.72. The summed E-state index contributed by atoms with van der Waals surface area (Å²) in [7, 11) is 0. The summed E-state index contributed by atoms with van der Waals surface area (Å²) in [5.74, 6) is 0.433. The van der Waals surface area contributed by atoms with Gasteiger partial charge in [0.2, 0.25) is 0 Å². The number of hydrogen-bond donors (Lipinski definition) is 2. The third-order valence-electron chi connectivity index (χ3n) is 4.00. The predicted molar refractivity (Wildman–Crippen MR) is 62.0 cm³/mol. The normalized spacial score (nSPS) is 39.6. The number of aliphatic hydroxyl groups excluding tert-OH is 1. The molecule has 88 valence electrons. The molecule has 4 unspecified atom stereocenters. The highest BCUT2D eigenvalue weighted by molar-refractivity contribution is 5.18. The van der Waals surface area contributed by atoms with Gasteiger partial charge in [-0.2, -0.15) is 0 Å². The van der Waals surface area contributed by atoms with Crippen molar-refractivity contribution in [3.63, 3.8) is 0 Å². The molecule has 0 aromatic carbocycles. The Kier molecular flexibility index (Phi) is 3.00. The van der Waals surface area contributed by atoms with E-state index in [4.69, 9.17) is 0 Å². The van der Waals surface area contributed by atoms with E-state index < -0.39 is 11.7 Å². The highest BCUT2D eigenvalue weighted by atomic mass is 16.3. The summed E-state index contributed by atoms with van der Waals surface area (Å²) < 4.78 is 0. The summed E-state index contributed by atoms with van der Waals surface area (Å²) >= 11 is 0. The van der Waals surface area contributed by atoms with Crippen LogP contribution >= 0.6 is 0 Å². The van der Waals surface area contributed by atoms with Gasteiger partial charge in [0.05, 0.1) is 11.7 Å². The lowest BCUT2D eigenvalue weighted by Crippen LogP contribution is -2.49. The number of rotatable bonds is 1. The van der Waals surface area contributed by atoms with Gasteiger partial charge in [-0.15, -0.1) is 0 Å². The second kappa shape index (κ2) is 4.15. The van der Waals surface area contributed by atoms with E-state index in [-0.39, 0.29) is 5.92 Å². The van der Waals surface area contributed by atoms with Gasteiger partial charge in [0.15, 0.2) is 0 Å². The molecule has 1 aliphatic carbocycles. The second-order valence-corrected chi connectivity index (χ2v) is 5.09. The third-order valence-corrected chi connectivity index (χ3v) is 4.00. The fraction of sp³-hybridized carbons (Fsp3) is 0.615. The topological polar surface area (TPSA) is 53.4 Å². The van der Waals surface area contributed by atoms with E-state index >= 15 is 0 Å². The Bertz CT molecular complexity index is 336. The van der Waals surface area contributed by atoms with Crippen LogP contribution in [-0.2, 0) is 0 Å². The van der Waals surface area contributed by atoms with Crippen LogP contribution in [0.5, 0.6) is 0 Å². The van der Waals surface area contributed by atoms with Gasteiger partial charge in [0.1, 0.15) is 0 Å². The minimum absolute atomic E-state index is 0.106. The van der Waals surface area contributed by atoms with Gasteiger partial charge >= 0.3 is 0 Å². The van der Waals surface area contributed by atoms with Crippen LogP contribution in [0.3, 0.4) is 0 Å². The van der Waals surface area contributed by atoms with E-state index in [0.29, 0.717) is 12.3 Å². The minimum Gasteiger partial charge on any atom is -0.390 e. The number of hydrogen-bond acceptors (Lipinski definition) is 3. The van der Waals surface area contributed by atoms with Crippen LogP contribution in [-0.4, -0.2) is 26.9 Å². The largest absolute Gasteiger partial charge is 0.390 e. The molecule has 1 fully saturated rings. The zero-order chi connectivity index (χ0) is 11.8. The summed E-state index contributed by atoms with van der Waals surface area (Å²) in [5, 5.41) is 20.1. The third kappa shape index (κ3) is 1.97. The molecule has 1 heterocycles. The van der Waals surface area contributed by atoms with Crippen LogP contribution in [0, 0.1) is 5.92 Å². The lowest BCUT2D eigenvalue weighted by atomic mass is 9.69. The maximum Gasteiger partial charge on any atom is 0.0903 e. The number of aliphatic hydroxyl groups is 2. The van der Waals surface area contributed by atoms with Crippen LogP contribution in [0.2, 0.25) is 0 Å². The molecule has 0 spiro atoms. The molecule has 2 N–H and O–H groups in total. The van der Waals surface area contributed by atoms with E-state index in [2.05, 4.69) is 4.98 Å². The summed E-state index contributed by atoms with van der Waals surface area (Å²) in [6.07, 6.45) is 4.45. The monoisotopic (exact) mass is 221 g/mol. The van der Waals surface area contributed by atoms with Crippen LogP contribution in [0.15, 0.2) is 24.5 Å². The first-order chi connectivity index (χ1) is 7.51. The predicted octanol–water partition coefficient (Wildman–Crippen LogP) is 1.71.